The van der Waals surface area contributed by atoms with E-state index in [-0.39, 0.29) is 12.8 Å². The molecular formula is C16H24N4O4. The Hall–Kier alpha value is -2.48. The molecule has 0 heterocycles. The number of carbonyl (C=O) groups is 2. The van der Waals surface area contributed by atoms with Gasteiger partial charge in [-0.15, -0.1) is 0 Å². The molecule has 0 saturated carbocycles. The minimum Gasteiger partial charge on any atom is -0.466 e. The largest absolute Gasteiger partial charge is 0.466 e. The van der Waals surface area contributed by atoms with E-state index in [0.29, 0.717) is 39.1 Å². The molecule has 0 amide bonds. The van der Waals surface area contributed by atoms with Crippen molar-refractivity contribution in [2.24, 2.45) is 22.1 Å². The maximum Gasteiger partial charge on any atom is 0.307 e. The highest BCUT2D eigenvalue weighted by atomic mass is 16.5. The predicted molar refractivity (Wildman–Crippen MR) is 84.5 cm³/mol. The van der Waals surface area contributed by atoms with Crippen LogP contribution in [-0.2, 0) is 19.1 Å². The smallest absolute Gasteiger partial charge is 0.307 e. The highest BCUT2D eigenvalue weighted by Gasteiger charge is 2.14. The third kappa shape index (κ3) is 11.1. The normalized spacial score (nSPS) is 12.8. The van der Waals surface area contributed by atoms with E-state index in [1.807, 2.05) is 12.1 Å². The van der Waals surface area contributed by atoms with Crippen LogP contribution in [0.5, 0.6) is 0 Å². The molecule has 0 aliphatic carbocycles. The lowest BCUT2D eigenvalue weighted by Crippen LogP contribution is -2.11. The summed E-state index contributed by atoms with van der Waals surface area (Å²) in [5.74, 6) is -1.68. The summed E-state index contributed by atoms with van der Waals surface area (Å²) in [6.07, 6.45) is 0.943. The zero-order chi connectivity index (χ0) is 18.2. The maximum absolute atomic E-state index is 11.3. The molecule has 2 unspecified atom stereocenters. The van der Waals surface area contributed by atoms with Crippen LogP contribution in [0.1, 0.15) is 39.5 Å². The second-order valence-electron chi connectivity index (χ2n) is 4.98. The second-order valence-corrected chi connectivity index (χ2v) is 4.98. The van der Waals surface area contributed by atoms with E-state index in [2.05, 4.69) is 10.2 Å². The summed E-state index contributed by atoms with van der Waals surface area (Å²) in [6.45, 7) is 4.67. The van der Waals surface area contributed by atoms with Crippen LogP contribution in [0.15, 0.2) is 10.2 Å². The van der Waals surface area contributed by atoms with Crippen LogP contribution < -0.4 is 0 Å². The van der Waals surface area contributed by atoms with E-state index < -0.39 is 23.8 Å². The molecule has 0 fully saturated rings. The van der Waals surface area contributed by atoms with E-state index in [0.717, 1.165) is 0 Å². The average Bonchev–Trinajstić information content (AvgIpc) is 2.56. The van der Waals surface area contributed by atoms with Gasteiger partial charge < -0.3 is 9.47 Å². The van der Waals surface area contributed by atoms with Crippen molar-refractivity contribution in [3.05, 3.63) is 0 Å². The Morgan fingerprint density at radius 3 is 1.54 bits per heavy atom. The number of ether oxygens (including phenoxy) is 2. The van der Waals surface area contributed by atoms with Gasteiger partial charge in [-0.25, -0.2) is 0 Å². The number of carbonyl (C=O) groups excluding carboxylic acids is 2. The lowest BCUT2D eigenvalue weighted by molar-refractivity contribution is -0.144. The van der Waals surface area contributed by atoms with E-state index in [9.17, 15) is 9.59 Å². The Kier molecular flexibility index (Phi) is 12.7. The van der Waals surface area contributed by atoms with Crippen molar-refractivity contribution in [2.45, 2.75) is 39.5 Å². The summed E-state index contributed by atoms with van der Waals surface area (Å²) in [6, 6.07) is 4.09. The Labute approximate surface area is 142 Å². The molecule has 0 rings (SSSR count). The third-order valence-electron chi connectivity index (χ3n) is 3.06. The highest BCUT2D eigenvalue weighted by molar-refractivity contribution is 5.70. The van der Waals surface area contributed by atoms with Gasteiger partial charge in [-0.3, -0.25) is 9.59 Å². The van der Waals surface area contributed by atoms with Crippen molar-refractivity contribution in [1.29, 1.82) is 10.5 Å². The molecule has 2 atom stereocenters. The Balaban J connectivity index is 3.98. The van der Waals surface area contributed by atoms with Crippen LogP contribution >= 0.6 is 0 Å². The second kappa shape index (κ2) is 14.1. The molecule has 0 aromatic heterocycles. The van der Waals surface area contributed by atoms with Gasteiger partial charge >= 0.3 is 11.9 Å². The quantitative estimate of drug-likeness (QED) is 0.398. The summed E-state index contributed by atoms with van der Waals surface area (Å²) in [4.78, 5) is 22.6. The predicted octanol–water partition coefficient (Wildman–Crippen LogP) is 2.40. The number of hydrogen-bond donors (Lipinski definition) is 0. The number of hydrogen-bond acceptors (Lipinski definition) is 8. The minimum absolute atomic E-state index is 0.0515. The van der Waals surface area contributed by atoms with Gasteiger partial charge in [-0.05, 0) is 26.7 Å². The molecular weight excluding hydrogens is 312 g/mol. The lowest BCUT2D eigenvalue weighted by atomic mass is 10.0. The van der Waals surface area contributed by atoms with Crippen molar-refractivity contribution in [3.63, 3.8) is 0 Å². The number of nitriles is 2. The summed E-state index contributed by atoms with van der Waals surface area (Å²) < 4.78 is 9.59. The molecule has 132 valence electrons. The fourth-order valence-corrected chi connectivity index (χ4v) is 1.84. The molecule has 0 aliphatic heterocycles. The molecule has 8 heteroatoms. The first-order valence-corrected chi connectivity index (χ1v) is 8.01. The summed E-state index contributed by atoms with van der Waals surface area (Å²) in [7, 11) is 0. The first kappa shape index (κ1) is 21.5. The number of esters is 2. The van der Waals surface area contributed by atoms with Crippen LogP contribution in [0.3, 0.4) is 0 Å². The highest BCUT2D eigenvalue weighted by Crippen LogP contribution is 2.10. The van der Waals surface area contributed by atoms with Crippen molar-refractivity contribution < 1.29 is 19.1 Å². The van der Waals surface area contributed by atoms with Gasteiger partial charge in [0.15, 0.2) is 0 Å². The molecule has 0 bridgehead atoms. The zero-order valence-corrected chi connectivity index (χ0v) is 14.2. The number of nitrogens with zero attached hydrogens (tertiary/aromatic N) is 4. The molecule has 0 saturated heterocycles. The van der Waals surface area contributed by atoms with Crippen LogP contribution in [-0.4, -0.2) is 38.2 Å². The van der Waals surface area contributed by atoms with Crippen LogP contribution in [0.2, 0.25) is 0 Å². The van der Waals surface area contributed by atoms with Crippen LogP contribution in [0.4, 0.5) is 0 Å². The number of rotatable bonds is 12. The molecule has 0 radical (unpaired) electrons. The Morgan fingerprint density at radius 2 is 1.25 bits per heavy atom. The molecule has 8 nitrogen and oxygen atoms in total. The van der Waals surface area contributed by atoms with Gasteiger partial charge in [0, 0.05) is 0 Å². The van der Waals surface area contributed by atoms with Crippen molar-refractivity contribution >= 4 is 11.9 Å². The van der Waals surface area contributed by atoms with Crippen molar-refractivity contribution in [3.8, 4) is 12.1 Å². The van der Waals surface area contributed by atoms with Gasteiger partial charge in [0.25, 0.3) is 0 Å². The lowest BCUT2D eigenvalue weighted by Gasteiger charge is -2.07. The SMILES string of the molecule is CCOC(=O)CC(C#N)CCN=NCCC(C#N)CC(=O)OCC. The Morgan fingerprint density at radius 1 is 0.875 bits per heavy atom. The van der Waals surface area contributed by atoms with E-state index in [4.69, 9.17) is 20.0 Å². The van der Waals surface area contributed by atoms with E-state index >= 15 is 0 Å². The minimum atomic E-state index is -0.446. The van der Waals surface area contributed by atoms with Crippen LogP contribution in [0.25, 0.3) is 0 Å². The van der Waals surface area contributed by atoms with Crippen molar-refractivity contribution in [1.82, 2.24) is 0 Å². The van der Waals surface area contributed by atoms with Crippen molar-refractivity contribution in [2.75, 3.05) is 26.3 Å². The average molecular weight is 336 g/mol. The van der Waals surface area contributed by atoms with Gasteiger partial charge in [0.05, 0.1) is 63.1 Å². The standard InChI is InChI=1S/C16H24N4O4/c1-3-23-15(21)9-13(11-17)5-7-19-20-8-6-14(12-18)10-16(22)24-4-2/h13-14H,3-10H2,1-2H3. The molecule has 0 spiro atoms. The molecule has 0 aromatic rings. The van der Waals surface area contributed by atoms with Gasteiger partial charge in [0.2, 0.25) is 0 Å². The fourth-order valence-electron chi connectivity index (χ4n) is 1.84. The monoisotopic (exact) mass is 336 g/mol. The summed E-state index contributed by atoms with van der Waals surface area (Å²) in [5.41, 5.74) is 0. The molecule has 0 aromatic carbocycles. The first-order chi connectivity index (χ1) is 11.6. The van der Waals surface area contributed by atoms with Crippen LogP contribution in [0, 0.1) is 34.5 Å². The Bertz CT molecular complexity index is 449. The summed E-state index contributed by atoms with van der Waals surface area (Å²) >= 11 is 0. The molecule has 24 heavy (non-hydrogen) atoms. The fraction of sp³-hybridized carbons (Fsp3) is 0.750. The summed E-state index contributed by atoms with van der Waals surface area (Å²) in [5, 5.41) is 25.8. The molecule has 0 N–H and O–H groups in total. The maximum atomic E-state index is 11.3. The van der Waals surface area contributed by atoms with E-state index in [1.165, 1.54) is 0 Å². The van der Waals surface area contributed by atoms with Gasteiger partial charge in [0.1, 0.15) is 0 Å². The molecule has 0 aliphatic rings. The first-order valence-electron chi connectivity index (χ1n) is 8.01. The topological polar surface area (TPSA) is 125 Å². The third-order valence-corrected chi connectivity index (χ3v) is 3.06. The van der Waals surface area contributed by atoms with Gasteiger partial charge in [-0.2, -0.15) is 20.8 Å². The number of azo groups is 1. The van der Waals surface area contributed by atoms with E-state index in [1.54, 1.807) is 13.8 Å². The van der Waals surface area contributed by atoms with Gasteiger partial charge in [-0.1, -0.05) is 0 Å². The zero-order valence-electron chi connectivity index (χ0n) is 14.2.